The van der Waals surface area contributed by atoms with Gasteiger partial charge in [-0.15, -0.1) is 10.2 Å². The molecule has 0 aliphatic rings. The van der Waals surface area contributed by atoms with Gasteiger partial charge >= 0.3 is 0 Å². The van der Waals surface area contributed by atoms with E-state index in [1.807, 2.05) is 45.0 Å². The second-order valence-electron chi connectivity index (χ2n) is 5.96. The Hall–Kier alpha value is -2.28. The summed E-state index contributed by atoms with van der Waals surface area (Å²) in [6, 6.07) is 7.79. The number of aryl methyl sites for hydroxylation is 1. The van der Waals surface area contributed by atoms with Crippen molar-refractivity contribution in [3.63, 3.8) is 0 Å². The minimum Gasteiger partial charge on any atom is -0.391 e. The van der Waals surface area contributed by atoms with E-state index in [1.54, 1.807) is 0 Å². The molecular formula is C17H25N5O2. The van der Waals surface area contributed by atoms with Crippen molar-refractivity contribution in [2.24, 2.45) is 5.92 Å². The average molecular weight is 331 g/mol. The first-order chi connectivity index (χ1) is 11.5. The maximum absolute atomic E-state index is 12.0. The van der Waals surface area contributed by atoms with Crippen LogP contribution >= 0.6 is 0 Å². The normalized spacial score (nSPS) is 12.4. The van der Waals surface area contributed by atoms with Gasteiger partial charge in [-0.25, -0.2) is 0 Å². The number of rotatable bonds is 8. The first-order valence-corrected chi connectivity index (χ1v) is 8.33. The molecule has 0 saturated carbocycles. The summed E-state index contributed by atoms with van der Waals surface area (Å²) in [5.41, 5.74) is 2.01. The van der Waals surface area contributed by atoms with Crippen molar-refractivity contribution in [2.75, 3.05) is 6.54 Å². The lowest BCUT2D eigenvalue weighted by molar-refractivity contribution is -0.122. The second-order valence-corrected chi connectivity index (χ2v) is 5.96. The lowest BCUT2D eigenvalue weighted by Crippen LogP contribution is -2.37. The molecule has 0 aliphatic carbocycles. The van der Waals surface area contributed by atoms with E-state index in [4.69, 9.17) is 0 Å². The number of hydrogen-bond acceptors (Lipinski definition) is 5. The predicted molar refractivity (Wildman–Crippen MR) is 91.1 cm³/mol. The van der Waals surface area contributed by atoms with Gasteiger partial charge in [0.15, 0.2) is 0 Å². The first-order valence-electron chi connectivity index (χ1n) is 8.33. The van der Waals surface area contributed by atoms with Crippen LogP contribution in [-0.4, -0.2) is 43.9 Å². The Kier molecular flexibility index (Phi) is 6.43. The van der Waals surface area contributed by atoms with Crippen molar-refractivity contribution in [1.82, 2.24) is 25.5 Å². The molecular weight excluding hydrogens is 306 g/mol. The fraction of sp³-hybridized carbons (Fsp3) is 0.529. The largest absolute Gasteiger partial charge is 0.391 e. The van der Waals surface area contributed by atoms with Crippen LogP contribution in [0.25, 0.3) is 11.4 Å². The molecule has 7 heteroatoms. The number of carbonyl (C=O) groups excluding carboxylic acids is 1. The molecule has 0 bridgehead atoms. The van der Waals surface area contributed by atoms with Gasteiger partial charge in [-0.3, -0.25) is 4.79 Å². The van der Waals surface area contributed by atoms with Crippen molar-refractivity contribution in [3.8, 4) is 11.4 Å². The molecule has 2 aromatic rings. The number of carbonyl (C=O) groups is 1. The number of tetrazole rings is 1. The Morgan fingerprint density at radius 3 is 2.54 bits per heavy atom. The minimum absolute atomic E-state index is 0.0193. The molecule has 24 heavy (non-hydrogen) atoms. The zero-order chi connectivity index (χ0) is 17.5. The molecule has 0 spiro atoms. The van der Waals surface area contributed by atoms with Crippen LogP contribution < -0.4 is 5.32 Å². The number of aromatic nitrogens is 4. The third kappa shape index (κ3) is 4.86. The first kappa shape index (κ1) is 18.1. The summed E-state index contributed by atoms with van der Waals surface area (Å²) in [7, 11) is 0. The number of nitrogens with zero attached hydrogens (tertiary/aromatic N) is 4. The molecule has 1 atom stereocenters. The highest BCUT2D eigenvalue weighted by Crippen LogP contribution is 2.14. The van der Waals surface area contributed by atoms with Crippen molar-refractivity contribution in [2.45, 2.75) is 46.3 Å². The average Bonchev–Trinajstić information content (AvgIpc) is 3.03. The monoisotopic (exact) mass is 331 g/mol. The topological polar surface area (TPSA) is 92.9 Å². The van der Waals surface area contributed by atoms with Crippen molar-refractivity contribution in [3.05, 3.63) is 29.8 Å². The van der Waals surface area contributed by atoms with Gasteiger partial charge in [0.25, 0.3) is 0 Å². The molecule has 1 unspecified atom stereocenters. The lowest BCUT2D eigenvalue weighted by atomic mass is 9.96. The molecule has 2 N–H and O–H groups in total. The quantitative estimate of drug-likeness (QED) is 0.766. The van der Waals surface area contributed by atoms with Gasteiger partial charge in [-0.2, -0.15) is 4.80 Å². The maximum atomic E-state index is 12.0. The molecule has 7 nitrogen and oxygen atoms in total. The summed E-state index contributed by atoms with van der Waals surface area (Å²) in [6.07, 6.45) is 1.24. The highest BCUT2D eigenvalue weighted by molar-refractivity contribution is 5.75. The lowest BCUT2D eigenvalue weighted by Gasteiger charge is -2.20. The molecule has 0 aliphatic heterocycles. The Morgan fingerprint density at radius 1 is 1.25 bits per heavy atom. The van der Waals surface area contributed by atoms with Crippen LogP contribution in [-0.2, 0) is 11.3 Å². The molecule has 0 radical (unpaired) electrons. The van der Waals surface area contributed by atoms with Crippen LogP contribution in [0.3, 0.4) is 0 Å². The van der Waals surface area contributed by atoms with E-state index in [1.165, 1.54) is 4.80 Å². The van der Waals surface area contributed by atoms with E-state index < -0.39 is 6.10 Å². The summed E-state index contributed by atoms with van der Waals surface area (Å²) in [5, 5.41) is 24.8. The van der Waals surface area contributed by atoms with Crippen molar-refractivity contribution >= 4 is 5.91 Å². The van der Waals surface area contributed by atoms with E-state index in [0.717, 1.165) is 24.0 Å². The number of benzene rings is 1. The molecule has 1 aromatic carbocycles. The van der Waals surface area contributed by atoms with Crippen LogP contribution in [0.5, 0.6) is 0 Å². The van der Waals surface area contributed by atoms with Crippen LogP contribution in [0.15, 0.2) is 24.3 Å². The van der Waals surface area contributed by atoms with E-state index in [9.17, 15) is 9.90 Å². The summed E-state index contributed by atoms with van der Waals surface area (Å²) in [4.78, 5) is 13.2. The SMILES string of the molecule is CCC(CC)C(O)CNC(=O)Cn1nnc(-c2ccc(C)cc2)n1. The molecule has 0 fully saturated rings. The van der Waals surface area contributed by atoms with Crippen LogP contribution in [0, 0.1) is 12.8 Å². The van der Waals surface area contributed by atoms with E-state index in [0.29, 0.717) is 5.82 Å². The number of amides is 1. The van der Waals surface area contributed by atoms with Crippen molar-refractivity contribution in [1.29, 1.82) is 0 Å². The number of aliphatic hydroxyl groups is 1. The Balaban J connectivity index is 1.87. The van der Waals surface area contributed by atoms with Gasteiger partial charge in [0, 0.05) is 12.1 Å². The smallest absolute Gasteiger partial charge is 0.243 e. The van der Waals surface area contributed by atoms with Gasteiger partial charge in [0.1, 0.15) is 6.54 Å². The summed E-state index contributed by atoms with van der Waals surface area (Å²) >= 11 is 0. The second kappa shape index (κ2) is 8.54. The standard InChI is InChI=1S/C17H25N5O2/c1-4-13(5-2)15(23)10-18-16(24)11-22-20-17(19-21-22)14-8-6-12(3)7-9-14/h6-9,13,15,23H,4-5,10-11H2,1-3H3,(H,18,24). The molecule has 1 aromatic heterocycles. The van der Waals surface area contributed by atoms with Crippen molar-refractivity contribution < 1.29 is 9.90 Å². The van der Waals surface area contributed by atoms with Gasteiger partial charge in [0.05, 0.1) is 6.10 Å². The van der Waals surface area contributed by atoms with Crippen LogP contribution in [0.1, 0.15) is 32.3 Å². The Bertz CT molecular complexity index is 649. The highest BCUT2D eigenvalue weighted by Gasteiger charge is 2.16. The van der Waals surface area contributed by atoms with Gasteiger partial charge in [-0.05, 0) is 18.1 Å². The fourth-order valence-electron chi connectivity index (χ4n) is 2.53. The summed E-state index contributed by atoms with van der Waals surface area (Å²) in [5.74, 6) is 0.440. The summed E-state index contributed by atoms with van der Waals surface area (Å²) in [6.45, 7) is 6.30. The zero-order valence-electron chi connectivity index (χ0n) is 14.4. The minimum atomic E-state index is -0.532. The van der Waals surface area contributed by atoms with E-state index in [2.05, 4.69) is 20.7 Å². The molecule has 1 heterocycles. The maximum Gasteiger partial charge on any atom is 0.243 e. The van der Waals surface area contributed by atoms with E-state index in [-0.39, 0.29) is 24.9 Å². The summed E-state index contributed by atoms with van der Waals surface area (Å²) < 4.78 is 0. The molecule has 2 rings (SSSR count). The zero-order valence-corrected chi connectivity index (χ0v) is 14.4. The van der Waals surface area contributed by atoms with Gasteiger partial charge in [0.2, 0.25) is 11.7 Å². The fourth-order valence-corrected chi connectivity index (χ4v) is 2.53. The molecule has 130 valence electrons. The third-order valence-corrected chi connectivity index (χ3v) is 4.15. The van der Waals surface area contributed by atoms with Gasteiger partial charge in [-0.1, -0.05) is 56.5 Å². The van der Waals surface area contributed by atoms with Crippen LogP contribution in [0.2, 0.25) is 0 Å². The highest BCUT2D eigenvalue weighted by atomic mass is 16.3. The Morgan fingerprint density at radius 2 is 1.92 bits per heavy atom. The van der Waals surface area contributed by atoms with Crippen LogP contribution in [0.4, 0.5) is 0 Å². The third-order valence-electron chi connectivity index (χ3n) is 4.15. The number of aliphatic hydroxyl groups excluding tert-OH is 1. The predicted octanol–water partition coefficient (Wildman–Crippen LogP) is 1.56. The molecule has 0 saturated heterocycles. The molecule has 1 amide bonds. The van der Waals surface area contributed by atoms with Gasteiger partial charge < -0.3 is 10.4 Å². The van der Waals surface area contributed by atoms with E-state index >= 15 is 0 Å². The number of nitrogens with one attached hydrogen (secondary N) is 1. The Labute approximate surface area is 142 Å². The number of hydrogen-bond donors (Lipinski definition) is 2.